The van der Waals surface area contributed by atoms with Crippen molar-refractivity contribution in [2.75, 3.05) is 17.3 Å². The van der Waals surface area contributed by atoms with Crippen LogP contribution in [0.15, 0.2) is 77.8 Å². The predicted molar refractivity (Wildman–Crippen MR) is 126 cm³/mol. The van der Waals surface area contributed by atoms with Gasteiger partial charge in [-0.15, -0.1) is 0 Å². The van der Waals surface area contributed by atoms with Crippen molar-refractivity contribution in [3.63, 3.8) is 0 Å². The van der Waals surface area contributed by atoms with Crippen LogP contribution in [-0.4, -0.2) is 35.8 Å². The zero-order valence-corrected chi connectivity index (χ0v) is 18.1. The summed E-state index contributed by atoms with van der Waals surface area (Å²) in [6.07, 6.45) is -1.27. The number of likely N-dealkylation sites (N-methyl/N-ethyl adjacent to an activating group) is 1. The summed E-state index contributed by atoms with van der Waals surface area (Å²) in [4.78, 5) is 42.5. The van der Waals surface area contributed by atoms with E-state index in [0.29, 0.717) is 11.4 Å². The van der Waals surface area contributed by atoms with Gasteiger partial charge in [-0.05, 0) is 18.2 Å². The Morgan fingerprint density at radius 2 is 1.79 bits per heavy atom. The molecule has 2 N–H and O–H groups in total. The van der Waals surface area contributed by atoms with Gasteiger partial charge in [0.15, 0.2) is 0 Å². The van der Waals surface area contributed by atoms with Gasteiger partial charge in [0.25, 0.3) is 11.6 Å². The third-order valence-corrected chi connectivity index (χ3v) is 5.30. The summed E-state index contributed by atoms with van der Waals surface area (Å²) in [6, 6.07) is 19.5. The molecule has 0 saturated carbocycles. The Bertz CT molecular complexity index is 1280. The van der Waals surface area contributed by atoms with Crippen molar-refractivity contribution in [2.24, 2.45) is 4.99 Å². The van der Waals surface area contributed by atoms with Crippen LogP contribution >= 0.6 is 11.6 Å². The maximum absolute atomic E-state index is 13.1. The molecule has 3 aromatic rings. The number of nitro benzene ring substituents is 1. The van der Waals surface area contributed by atoms with E-state index in [1.54, 1.807) is 13.1 Å². The fraction of sp³-hybridized carbons (Fsp3) is 0.0870. The van der Waals surface area contributed by atoms with Crippen LogP contribution in [0.4, 0.5) is 21.9 Å². The normalized spacial score (nSPS) is 15.2. The van der Waals surface area contributed by atoms with Gasteiger partial charge in [0, 0.05) is 29.3 Å². The highest BCUT2D eigenvalue weighted by Crippen LogP contribution is 2.29. The quantitative estimate of drug-likeness (QED) is 0.445. The van der Waals surface area contributed by atoms with E-state index in [9.17, 15) is 19.7 Å². The summed E-state index contributed by atoms with van der Waals surface area (Å²) in [7, 11) is 1.60. The van der Waals surface area contributed by atoms with E-state index in [1.165, 1.54) is 23.1 Å². The number of para-hydroxylation sites is 1. The molecule has 0 bridgehead atoms. The molecular formula is C23H18ClN5O4. The number of fused-ring (bicyclic) bond motifs is 1. The number of benzodiazepines with no additional fused rings is 1. The first kappa shape index (κ1) is 22.0. The van der Waals surface area contributed by atoms with E-state index in [-0.39, 0.29) is 16.4 Å². The summed E-state index contributed by atoms with van der Waals surface area (Å²) in [5.41, 5.74) is 2.23. The van der Waals surface area contributed by atoms with Crippen molar-refractivity contribution in [1.82, 2.24) is 5.32 Å². The summed E-state index contributed by atoms with van der Waals surface area (Å²) >= 11 is 5.92. The molecule has 1 unspecified atom stereocenters. The molecule has 0 fully saturated rings. The van der Waals surface area contributed by atoms with Crippen molar-refractivity contribution in [3.8, 4) is 0 Å². The van der Waals surface area contributed by atoms with Gasteiger partial charge in [-0.3, -0.25) is 14.9 Å². The van der Waals surface area contributed by atoms with Crippen LogP contribution < -0.4 is 15.5 Å². The van der Waals surface area contributed by atoms with Crippen molar-refractivity contribution in [3.05, 3.63) is 99.1 Å². The highest BCUT2D eigenvalue weighted by atomic mass is 35.5. The first-order valence-corrected chi connectivity index (χ1v) is 10.2. The number of amides is 3. The third-order valence-electron chi connectivity index (χ3n) is 5.06. The molecule has 9 nitrogen and oxygen atoms in total. The first-order chi connectivity index (χ1) is 15.8. The van der Waals surface area contributed by atoms with E-state index in [4.69, 9.17) is 11.6 Å². The zero-order chi connectivity index (χ0) is 23.5. The number of halogens is 1. The highest BCUT2D eigenvalue weighted by molar-refractivity contribution is 6.31. The average molecular weight is 464 g/mol. The second-order valence-corrected chi connectivity index (χ2v) is 7.61. The van der Waals surface area contributed by atoms with Gasteiger partial charge >= 0.3 is 6.03 Å². The van der Waals surface area contributed by atoms with Crippen LogP contribution in [0.2, 0.25) is 5.02 Å². The number of carbonyl (C=O) groups excluding carboxylic acids is 2. The van der Waals surface area contributed by atoms with Crippen LogP contribution in [-0.2, 0) is 4.79 Å². The van der Waals surface area contributed by atoms with Gasteiger partial charge in [0.05, 0.1) is 16.3 Å². The summed E-state index contributed by atoms with van der Waals surface area (Å²) in [5, 5.41) is 16.4. The van der Waals surface area contributed by atoms with Crippen molar-refractivity contribution in [1.29, 1.82) is 0 Å². The van der Waals surface area contributed by atoms with Gasteiger partial charge in [0.1, 0.15) is 5.69 Å². The molecule has 0 aliphatic carbocycles. The lowest BCUT2D eigenvalue weighted by molar-refractivity contribution is -0.383. The minimum Gasteiger partial charge on any atom is -0.311 e. The number of aliphatic imine (C=N–C) groups is 1. The Kier molecular flexibility index (Phi) is 6.05. The molecule has 10 heteroatoms. The number of hydrogen-bond acceptors (Lipinski definition) is 5. The molecule has 0 saturated heterocycles. The Hall–Kier alpha value is -4.24. The Morgan fingerprint density at radius 1 is 1.09 bits per heavy atom. The van der Waals surface area contributed by atoms with E-state index in [2.05, 4.69) is 15.6 Å². The second kappa shape index (κ2) is 9.09. The molecule has 1 aliphatic heterocycles. The molecule has 3 amide bonds. The number of urea groups is 1. The topological polar surface area (TPSA) is 117 Å². The number of carbonyl (C=O) groups is 2. The lowest BCUT2D eigenvalue weighted by Crippen LogP contribution is -2.47. The van der Waals surface area contributed by atoms with Crippen molar-refractivity contribution in [2.45, 2.75) is 6.17 Å². The number of nitrogens with zero attached hydrogens (tertiary/aromatic N) is 3. The van der Waals surface area contributed by atoms with Gasteiger partial charge in [-0.25, -0.2) is 9.79 Å². The lowest BCUT2D eigenvalue weighted by atomic mass is 10.0. The fourth-order valence-corrected chi connectivity index (χ4v) is 3.66. The average Bonchev–Trinajstić information content (AvgIpc) is 2.90. The maximum Gasteiger partial charge on any atom is 0.321 e. The molecule has 1 aliphatic rings. The Labute approximate surface area is 193 Å². The molecule has 4 rings (SSSR count). The van der Waals surface area contributed by atoms with Crippen molar-refractivity contribution >= 4 is 46.3 Å². The zero-order valence-electron chi connectivity index (χ0n) is 17.4. The molecule has 3 aromatic carbocycles. The van der Waals surface area contributed by atoms with Crippen LogP contribution in [0.3, 0.4) is 0 Å². The predicted octanol–water partition coefficient (Wildman–Crippen LogP) is 4.21. The highest BCUT2D eigenvalue weighted by Gasteiger charge is 2.31. The smallest absolute Gasteiger partial charge is 0.311 e. The summed E-state index contributed by atoms with van der Waals surface area (Å²) in [5.74, 6) is -0.468. The largest absolute Gasteiger partial charge is 0.321 e. The van der Waals surface area contributed by atoms with Crippen LogP contribution in [0.5, 0.6) is 0 Å². The summed E-state index contributed by atoms with van der Waals surface area (Å²) < 4.78 is 0. The molecule has 33 heavy (non-hydrogen) atoms. The number of nitro groups is 1. The second-order valence-electron chi connectivity index (χ2n) is 7.18. The number of hydrogen-bond donors (Lipinski definition) is 2. The molecule has 0 aromatic heterocycles. The lowest BCUT2D eigenvalue weighted by Gasteiger charge is -2.21. The van der Waals surface area contributed by atoms with Crippen LogP contribution in [0, 0.1) is 10.1 Å². The molecule has 0 radical (unpaired) electrons. The Morgan fingerprint density at radius 3 is 2.52 bits per heavy atom. The monoisotopic (exact) mass is 463 g/mol. The van der Waals surface area contributed by atoms with E-state index in [1.807, 2.05) is 48.5 Å². The SMILES string of the molecule is CN1C(=O)C(NC(=O)Nc2cc(Cl)ccc2[N+](=O)[O-])N=C(c2ccccc2)c2ccccc21. The van der Waals surface area contributed by atoms with Gasteiger partial charge in [-0.2, -0.15) is 0 Å². The van der Waals surface area contributed by atoms with E-state index >= 15 is 0 Å². The summed E-state index contributed by atoms with van der Waals surface area (Å²) in [6.45, 7) is 0. The number of nitrogens with one attached hydrogen (secondary N) is 2. The first-order valence-electron chi connectivity index (χ1n) is 9.87. The van der Waals surface area contributed by atoms with Gasteiger partial charge < -0.3 is 15.5 Å². The molecule has 0 spiro atoms. The molecule has 166 valence electrons. The number of benzene rings is 3. The van der Waals surface area contributed by atoms with E-state index < -0.39 is 23.0 Å². The molecular weight excluding hydrogens is 446 g/mol. The van der Waals surface area contributed by atoms with Crippen LogP contribution in [0.1, 0.15) is 11.1 Å². The van der Waals surface area contributed by atoms with Crippen molar-refractivity contribution < 1.29 is 14.5 Å². The maximum atomic E-state index is 13.1. The number of rotatable bonds is 4. The van der Waals surface area contributed by atoms with Gasteiger partial charge in [0.2, 0.25) is 6.17 Å². The number of anilines is 2. The molecule has 1 atom stereocenters. The fourth-order valence-electron chi connectivity index (χ4n) is 3.49. The van der Waals surface area contributed by atoms with Gasteiger partial charge in [-0.1, -0.05) is 60.1 Å². The van der Waals surface area contributed by atoms with Crippen LogP contribution in [0.25, 0.3) is 0 Å². The third kappa shape index (κ3) is 4.53. The molecule has 1 heterocycles. The van der Waals surface area contributed by atoms with E-state index in [0.717, 1.165) is 11.1 Å². The standard InChI is InChI=1S/C23H18ClN5O4/c1-28-18-10-6-5-9-16(18)20(14-7-3-2-4-8-14)26-21(22(28)30)27-23(31)25-17-13-15(24)11-12-19(17)29(32)33/h2-13,21H,1H3,(H2,25,27,31). The minimum atomic E-state index is -1.27. The Balaban J connectivity index is 1.69. The minimum absolute atomic E-state index is 0.102.